The molecule has 0 aromatic heterocycles. The van der Waals surface area contributed by atoms with E-state index >= 15 is 0 Å². The van der Waals surface area contributed by atoms with Crippen molar-refractivity contribution >= 4 is 37.8 Å². The van der Waals surface area contributed by atoms with E-state index < -0.39 is 0 Å². The Morgan fingerprint density at radius 3 is 2.58 bits per heavy atom. The van der Waals surface area contributed by atoms with Crippen LogP contribution in [0.4, 0.5) is 0 Å². The number of hydrogen-bond donors (Lipinski definition) is 1. The number of alkyl halides is 1. The van der Waals surface area contributed by atoms with Gasteiger partial charge < -0.3 is 5.32 Å². The third-order valence-electron chi connectivity index (χ3n) is 3.91. The van der Waals surface area contributed by atoms with Crippen molar-refractivity contribution in [1.29, 1.82) is 0 Å². The van der Waals surface area contributed by atoms with Crippen molar-refractivity contribution in [3.63, 3.8) is 0 Å². The summed E-state index contributed by atoms with van der Waals surface area (Å²) < 4.78 is 0.855. The zero-order valence-electron chi connectivity index (χ0n) is 10.9. The number of hydrogen-bond acceptors (Lipinski definition) is 1. The Hall–Kier alpha value is -0.350. The Balaban J connectivity index is 1.91. The van der Waals surface area contributed by atoms with Crippen molar-refractivity contribution in [3.8, 4) is 0 Å². The molecule has 1 fully saturated rings. The highest BCUT2D eigenvalue weighted by molar-refractivity contribution is 9.10. The molecule has 4 heteroatoms. The lowest BCUT2D eigenvalue weighted by Gasteiger charge is -2.30. The quantitative estimate of drug-likeness (QED) is 0.761. The van der Waals surface area contributed by atoms with E-state index in [0.29, 0.717) is 17.4 Å². The van der Waals surface area contributed by atoms with Gasteiger partial charge in [0.1, 0.15) is 0 Å². The highest BCUT2D eigenvalue weighted by Crippen LogP contribution is 2.30. The Bertz CT molecular complexity index is 436. The fraction of sp³-hybridized carbons (Fsp3) is 0.533. The molecule has 2 rings (SSSR count). The third-order valence-corrected chi connectivity index (χ3v) is 5.43. The van der Waals surface area contributed by atoms with Crippen molar-refractivity contribution in [1.82, 2.24) is 5.32 Å². The summed E-state index contributed by atoms with van der Waals surface area (Å²) in [5.74, 6) is 1.33. The highest BCUT2D eigenvalue weighted by atomic mass is 79.9. The minimum Gasteiger partial charge on any atom is -0.352 e. The molecule has 1 amide bonds. The van der Waals surface area contributed by atoms with Crippen LogP contribution >= 0.6 is 31.9 Å². The van der Waals surface area contributed by atoms with Gasteiger partial charge in [-0.1, -0.05) is 40.9 Å². The molecule has 1 aliphatic rings. The minimum atomic E-state index is 0.0198. The van der Waals surface area contributed by atoms with E-state index in [2.05, 4.69) is 37.2 Å². The molecule has 2 nitrogen and oxygen atoms in total. The average molecular weight is 389 g/mol. The van der Waals surface area contributed by atoms with Crippen molar-refractivity contribution in [2.45, 2.75) is 25.7 Å². The van der Waals surface area contributed by atoms with Crippen LogP contribution in [0.5, 0.6) is 0 Å². The summed E-state index contributed by atoms with van der Waals surface area (Å²) in [5, 5.41) is 4.13. The largest absolute Gasteiger partial charge is 0.352 e. The van der Waals surface area contributed by atoms with E-state index in [1.54, 1.807) is 0 Å². The van der Waals surface area contributed by atoms with E-state index in [1.165, 1.54) is 25.7 Å². The van der Waals surface area contributed by atoms with Crippen LogP contribution in [0.3, 0.4) is 0 Å². The standard InChI is InChI=1S/C15H19Br2NO/c16-9-11-5-1-2-6-12(11)10-18-15(19)13-7-3-4-8-14(13)17/h3-4,7-8,11-12H,1-2,5-6,9-10H2,(H,18,19). The lowest BCUT2D eigenvalue weighted by atomic mass is 9.80. The van der Waals surface area contributed by atoms with Gasteiger partial charge in [-0.05, 0) is 52.7 Å². The molecule has 104 valence electrons. The molecule has 2 unspecified atom stereocenters. The summed E-state index contributed by atoms with van der Waals surface area (Å²) in [6.07, 6.45) is 5.12. The zero-order valence-corrected chi connectivity index (χ0v) is 14.0. The summed E-state index contributed by atoms with van der Waals surface area (Å²) in [6, 6.07) is 7.56. The van der Waals surface area contributed by atoms with Gasteiger partial charge >= 0.3 is 0 Å². The highest BCUT2D eigenvalue weighted by Gasteiger charge is 2.24. The van der Waals surface area contributed by atoms with Crippen LogP contribution < -0.4 is 5.32 Å². The molecule has 0 radical (unpaired) electrons. The molecular formula is C15H19Br2NO. The summed E-state index contributed by atoms with van der Waals surface area (Å²) in [4.78, 5) is 12.2. The Morgan fingerprint density at radius 1 is 1.21 bits per heavy atom. The zero-order chi connectivity index (χ0) is 13.7. The number of benzene rings is 1. The van der Waals surface area contributed by atoms with Crippen molar-refractivity contribution in [2.24, 2.45) is 11.8 Å². The van der Waals surface area contributed by atoms with Gasteiger partial charge in [-0.25, -0.2) is 0 Å². The normalized spacial score (nSPS) is 23.1. The number of halogens is 2. The maximum Gasteiger partial charge on any atom is 0.252 e. The average Bonchev–Trinajstić information content (AvgIpc) is 2.45. The first-order valence-electron chi connectivity index (χ1n) is 6.81. The van der Waals surface area contributed by atoms with E-state index in [9.17, 15) is 4.79 Å². The molecule has 1 N–H and O–H groups in total. The summed E-state index contributed by atoms with van der Waals surface area (Å²) >= 11 is 7.01. The van der Waals surface area contributed by atoms with E-state index in [0.717, 1.165) is 16.3 Å². The molecule has 0 saturated heterocycles. The van der Waals surface area contributed by atoms with Gasteiger partial charge in [-0.15, -0.1) is 0 Å². The van der Waals surface area contributed by atoms with Gasteiger partial charge in [-0.3, -0.25) is 4.79 Å². The van der Waals surface area contributed by atoms with Gasteiger partial charge in [-0.2, -0.15) is 0 Å². The number of carbonyl (C=O) groups is 1. The Morgan fingerprint density at radius 2 is 1.89 bits per heavy atom. The van der Waals surface area contributed by atoms with Gasteiger partial charge in [0.25, 0.3) is 5.91 Å². The Kier molecular flexibility index (Phi) is 5.89. The summed E-state index contributed by atoms with van der Waals surface area (Å²) in [6.45, 7) is 0.788. The molecule has 1 saturated carbocycles. The fourth-order valence-electron chi connectivity index (χ4n) is 2.72. The van der Waals surface area contributed by atoms with Gasteiger partial charge in [0.15, 0.2) is 0 Å². The molecule has 0 spiro atoms. The second-order valence-corrected chi connectivity index (χ2v) is 6.65. The van der Waals surface area contributed by atoms with Crippen LogP contribution in [-0.4, -0.2) is 17.8 Å². The summed E-state index contributed by atoms with van der Waals surface area (Å²) in [5.41, 5.74) is 0.716. The Labute approximate surface area is 131 Å². The molecule has 1 aliphatic carbocycles. The van der Waals surface area contributed by atoms with E-state index in [1.807, 2.05) is 24.3 Å². The molecule has 0 heterocycles. The second kappa shape index (κ2) is 7.44. The molecule has 2 atom stereocenters. The van der Waals surface area contributed by atoms with Crippen molar-refractivity contribution in [3.05, 3.63) is 34.3 Å². The fourth-order valence-corrected chi connectivity index (χ4v) is 4.04. The smallest absolute Gasteiger partial charge is 0.252 e. The molecule has 1 aromatic carbocycles. The first kappa shape index (κ1) is 15.0. The van der Waals surface area contributed by atoms with Gasteiger partial charge in [0.05, 0.1) is 5.56 Å². The van der Waals surface area contributed by atoms with Crippen LogP contribution in [0.25, 0.3) is 0 Å². The van der Waals surface area contributed by atoms with Crippen LogP contribution in [-0.2, 0) is 0 Å². The third kappa shape index (κ3) is 4.06. The predicted molar refractivity (Wildman–Crippen MR) is 85.7 cm³/mol. The van der Waals surface area contributed by atoms with Crippen molar-refractivity contribution in [2.75, 3.05) is 11.9 Å². The minimum absolute atomic E-state index is 0.0198. The second-order valence-electron chi connectivity index (χ2n) is 5.15. The van der Waals surface area contributed by atoms with E-state index in [4.69, 9.17) is 0 Å². The molecule has 0 bridgehead atoms. The van der Waals surface area contributed by atoms with Crippen molar-refractivity contribution < 1.29 is 4.79 Å². The van der Waals surface area contributed by atoms with Crippen LogP contribution in [0.2, 0.25) is 0 Å². The first-order chi connectivity index (χ1) is 9.22. The van der Waals surface area contributed by atoms with Gasteiger partial charge in [0, 0.05) is 16.3 Å². The number of carbonyl (C=O) groups excluding carboxylic acids is 1. The molecular weight excluding hydrogens is 370 g/mol. The SMILES string of the molecule is O=C(NCC1CCCCC1CBr)c1ccccc1Br. The maximum absolute atomic E-state index is 12.2. The predicted octanol–water partition coefficient (Wildman–Crippen LogP) is 4.38. The maximum atomic E-state index is 12.2. The van der Waals surface area contributed by atoms with Crippen LogP contribution in [0, 0.1) is 11.8 Å². The lowest BCUT2D eigenvalue weighted by Crippen LogP contribution is -2.34. The number of amides is 1. The topological polar surface area (TPSA) is 29.1 Å². The molecule has 1 aromatic rings. The van der Waals surface area contributed by atoms with Crippen LogP contribution in [0.15, 0.2) is 28.7 Å². The monoisotopic (exact) mass is 387 g/mol. The number of nitrogens with one attached hydrogen (secondary N) is 1. The van der Waals surface area contributed by atoms with Gasteiger partial charge in [0.2, 0.25) is 0 Å². The van der Waals surface area contributed by atoms with E-state index in [-0.39, 0.29) is 5.91 Å². The van der Waals surface area contributed by atoms with Crippen LogP contribution in [0.1, 0.15) is 36.0 Å². The lowest BCUT2D eigenvalue weighted by molar-refractivity contribution is 0.0936. The summed E-state index contributed by atoms with van der Waals surface area (Å²) in [7, 11) is 0. The first-order valence-corrected chi connectivity index (χ1v) is 8.72. The molecule has 0 aliphatic heterocycles. The number of rotatable bonds is 4. The molecule has 19 heavy (non-hydrogen) atoms.